The highest BCUT2D eigenvalue weighted by Gasteiger charge is 2.29. The number of aryl methyl sites for hydroxylation is 2. The van der Waals surface area contributed by atoms with Gasteiger partial charge in [0.25, 0.3) is 5.88 Å². The first-order valence-electron chi connectivity index (χ1n) is 12.7. The predicted octanol–water partition coefficient (Wildman–Crippen LogP) is 2.01. The normalized spacial score (nSPS) is 15.4. The van der Waals surface area contributed by atoms with Gasteiger partial charge in [0.2, 0.25) is 11.9 Å². The number of aromatic amines is 1. The molecule has 1 fully saturated rings. The summed E-state index contributed by atoms with van der Waals surface area (Å²) in [6, 6.07) is 1.50. The number of anilines is 3. The fraction of sp³-hybridized carbons (Fsp3) is 0.423. The lowest BCUT2D eigenvalue weighted by Gasteiger charge is -2.36. The number of hydrogen-bond acceptors (Lipinski definition) is 10. The molecule has 0 bridgehead atoms. The highest BCUT2D eigenvalue weighted by molar-refractivity contribution is 6.05. The number of aromatic nitrogens is 6. The third-order valence-electron chi connectivity index (χ3n) is 6.91. The summed E-state index contributed by atoms with van der Waals surface area (Å²) in [5.41, 5.74) is 3.90. The highest BCUT2D eigenvalue weighted by Crippen LogP contribution is 2.33. The van der Waals surface area contributed by atoms with Crippen molar-refractivity contribution in [2.24, 2.45) is 7.05 Å². The molecule has 4 aromatic heterocycles. The van der Waals surface area contributed by atoms with Crippen molar-refractivity contribution in [1.29, 1.82) is 0 Å². The number of piperazine rings is 1. The minimum Gasteiger partial charge on any atom is -0.478 e. The van der Waals surface area contributed by atoms with Gasteiger partial charge in [-0.3, -0.25) is 14.4 Å². The van der Waals surface area contributed by atoms with E-state index in [4.69, 9.17) is 14.5 Å². The summed E-state index contributed by atoms with van der Waals surface area (Å²) in [5, 5.41) is 11.4. The van der Waals surface area contributed by atoms with Gasteiger partial charge >= 0.3 is 0 Å². The van der Waals surface area contributed by atoms with Gasteiger partial charge in [0.15, 0.2) is 5.82 Å². The van der Waals surface area contributed by atoms with Gasteiger partial charge in [0.1, 0.15) is 11.7 Å². The number of nitrogens with zero attached hydrogens (tertiary/aromatic N) is 7. The Morgan fingerprint density at radius 2 is 1.97 bits per heavy atom. The maximum atomic E-state index is 13.4. The first kappa shape index (κ1) is 26.5. The van der Waals surface area contributed by atoms with Gasteiger partial charge in [-0.05, 0) is 25.6 Å². The third kappa shape index (κ3) is 5.55. The van der Waals surface area contributed by atoms with Crippen LogP contribution in [-0.2, 0) is 16.6 Å². The fourth-order valence-electron chi connectivity index (χ4n) is 4.78. The van der Waals surface area contributed by atoms with Crippen LogP contribution in [0.15, 0.2) is 30.9 Å². The first-order chi connectivity index (χ1) is 18.9. The Morgan fingerprint density at radius 1 is 1.18 bits per heavy atom. The summed E-state index contributed by atoms with van der Waals surface area (Å²) < 4.78 is 12.4. The zero-order valence-electron chi connectivity index (χ0n) is 22.9. The molecular weight excluding hydrogens is 500 g/mol. The van der Waals surface area contributed by atoms with Gasteiger partial charge in [0.05, 0.1) is 31.1 Å². The fourth-order valence-corrected chi connectivity index (χ4v) is 4.78. The lowest BCUT2D eigenvalue weighted by molar-refractivity contribution is -0.124. The molecule has 1 amide bonds. The number of pyridine rings is 1. The molecule has 1 aliphatic heterocycles. The number of rotatable bonds is 9. The molecule has 1 aliphatic rings. The second-order valence-corrected chi connectivity index (χ2v) is 9.66. The molecule has 39 heavy (non-hydrogen) atoms. The molecule has 1 unspecified atom stereocenters. The van der Waals surface area contributed by atoms with Crippen LogP contribution in [-0.4, -0.2) is 106 Å². The van der Waals surface area contributed by atoms with Crippen molar-refractivity contribution in [3.05, 3.63) is 36.4 Å². The summed E-state index contributed by atoms with van der Waals surface area (Å²) in [4.78, 5) is 34.8. The number of amides is 1. The van der Waals surface area contributed by atoms with Crippen LogP contribution in [0.2, 0.25) is 0 Å². The molecule has 1 saturated heterocycles. The van der Waals surface area contributed by atoms with Crippen LogP contribution >= 0.6 is 0 Å². The number of H-pyrrole nitrogens is 1. The highest BCUT2D eigenvalue weighted by atomic mass is 16.5. The van der Waals surface area contributed by atoms with E-state index in [2.05, 4.69) is 47.5 Å². The van der Waals surface area contributed by atoms with E-state index in [9.17, 15) is 4.79 Å². The SMILES string of the molecule is COCC(C(=O)Nc1nccc2c(-c3nc(Nc4cn(C)nc4OC)ncc3C)c[nH]c12)N1CCN(C)CC1. The molecule has 5 rings (SSSR count). The van der Waals surface area contributed by atoms with Gasteiger partial charge in [0, 0.05) is 69.9 Å². The summed E-state index contributed by atoms with van der Waals surface area (Å²) in [5.74, 6) is 1.18. The average Bonchev–Trinajstić information content (AvgIpc) is 3.52. The third-order valence-corrected chi connectivity index (χ3v) is 6.91. The second-order valence-electron chi connectivity index (χ2n) is 9.66. The zero-order chi connectivity index (χ0) is 27.5. The van der Waals surface area contributed by atoms with Gasteiger partial charge in [-0.15, -0.1) is 5.10 Å². The van der Waals surface area contributed by atoms with E-state index in [-0.39, 0.29) is 5.91 Å². The topological polar surface area (TPSA) is 138 Å². The van der Waals surface area contributed by atoms with E-state index < -0.39 is 6.04 Å². The standard InChI is InChI=1S/C26H34N10O3/c1-16-12-29-26(30-19-14-35(3)33-25(19)39-5)31-21(16)18-13-28-22-17(18)6-7-27-23(22)32-24(37)20(15-38-4)36-10-8-34(2)9-11-36/h6-7,12-14,20,28H,8-11,15H2,1-5H3,(H,27,32,37)(H,29,30,31). The van der Waals surface area contributed by atoms with E-state index in [0.717, 1.165) is 53.9 Å². The number of carbonyl (C=O) groups is 1. The maximum Gasteiger partial charge on any atom is 0.256 e. The van der Waals surface area contributed by atoms with Crippen LogP contribution in [0.5, 0.6) is 5.88 Å². The first-order valence-corrected chi connectivity index (χ1v) is 12.7. The molecule has 0 saturated carbocycles. The number of likely N-dealkylation sites (N-methyl/N-ethyl adjacent to an activating group) is 1. The van der Waals surface area contributed by atoms with Crippen molar-refractivity contribution in [2.45, 2.75) is 13.0 Å². The van der Waals surface area contributed by atoms with E-state index in [1.165, 1.54) is 0 Å². The van der Waals surface area contributed by atoms with Crippen LogP contribution in [0.4, 0.5) is 17.5 Å². The monoisotopic (exact) mass is 534 g/mol. The second kappa shape index (κ2) is 11.4. The van der Waals surface area contributed by atoms with Crippen molar-refractivity contribution < 1.29 is 14.3 Å². The average molecular weight is 535 g/mol. The molecule has 3 N–H and O–H groups in total. The molecule has 13 nitrogen and oxygen atoms in total. The van der Waals surface area contributed by atoms with E-state index in [1.54, 1.807) is 37.5 Å². The molecule has 0 aromatic carbocycles. The largest absolute Gasteiger partial charge is 0.478 e. The van der Waals surface area contributed by atoms with Crippen LogP contribution in [0, 0.1) is 6.92 Å². The number of nitrogens with one attached hydrogen (secondary N) is 3. The smallest absolute Gasteiger partial charge is 0.256 e. The lowest BCUT2D eigenvalue weighted by Crippen LogP contribution is -2.54. The van der Waals surface area contributed by atoms with E-state index in [1.807, 2.05) is 26.2 Å². The number of carbonyl (C=O) groups excluding carboxylic acids is 1. The van der Waals surface area contributed by atoms with Gasteiger partial charge in [-0.2, -0.15) is 0 Å². The Morgan fingerprint density at radius 3 is 2.72 bits per heavy atom. The quantitative estimate of drug-likeness (QED) is 0.292. The Balaban J connectivity index is 1.42. The molecule has 13 heteroatoms. The van der Waals surface area contributed by atoms with Crippen LogP contribution in [0.3, 0.4) is 0 Å². The van der Waals surface area contributed by atoms with Crippen molar-refractivity contribution in [1.82, 2.24) is 39.5 Å². The molecule has 0 aliphatic carbocycles. The van der Waals surface area contributed by atoms with Gasteiger partial charge < -0.3 is 30.0 Å². The number of hydrogen-bond donors (Lipinski definition) is 3. The molecular formula is C26H34N10O3. The van der Waals surface area contributed by atoms with Crippen LogP contribution < -0.4 is 15.4 Å². The maximum absolute atomic E-state index is 13.4. The van der Waals surface area contributed by atoms with Gasteiger partial charge in [-0.1, -0.05) is 0 Å². The Hall–Kier alpha value is -4.07. The van der Waals surface area contributed by atoms with Crippen LogP contribution in [0.25, 0.3) is 22.2 Å². The summed E-state index contributed by atoms with van der Waals surface area (Å²) in [6.07, 6.45) is 7.13. The number of ether oxygens (including phenoxy) is 2. The summed E-state index contributed by atoms with van der Waals surface area (Å²) >= 11 is 0. The Bertz CT molecular complexity index is 1460. The molecule has 206 valence electrons. The van der Waals surface area contributed by atoms with Gasteiger partial charge in [-0.25, -0.2) is 15.0 Å². The lowest BCUT2D eigenvalue weighted by atomic mass is 10.1. The van der Waals surface area contributed by atoms with Crippen molar-refractivity contribution >= 4 is 34.3 Å². The molecule has 0 radical (unpaired) electrons. The van der Waals surface area contributed by atoms with Crippen molar-refractivity contribution in [2.75, 3.05) is 64.7 Å². The minimum absolute atomic E-state index is 0.146. The zero-order valence-corrected chi connectivity index (χ0v) is 22.9. The summed E-state index contributed by atoms with van der Waals surface area (Å²) in [7, 11) is 7.08. The van der Waals surface area contributed by atoms with Crippen LogP contribution in [0.1, 0.15) is 5.56 Å². The van der Waals surface area contributed by atoms with E-state index in [0.29, 0.717) is 29.9 Å². The molecule has 4 aromatic rings. The minimum atomic E-state index is -0.405. The van der Waals surface area contributed by atoms with Crippen molar-refractivity contribution in [3.63, 3.8) is 0 Å². The van der Waals surface area contributed by atoms with E-state index >= 15 is 0 Å². The molecule has 5 heterocycles. The Labute approximate surface area is 226 Å². The van der Waals surface area contributed by atoms with Crippen molar-refractivity contribution in [3.8, 4) is 17.1 Å². The molecule has 1 atom stereocenters. The predicted molar refractivity (Wildman–Crippen MR) is 148 cm³/mol. The summed E-state index contributed by atoms with van der Waals surface area (Å²) in [6.45, 7) is 5.68. The molecule has 0 spiro atoms. The Kier molecular flexibility index (Phi) is 7.72. The number of methoxy groups -OCH3 is 2. The number of fused-ring (bicyclic) bond motifs is 1.